The monoisotopic (exact) mass is 227 g/mol. The maximum absolute atomic E-state index is 8.92. The van der Waals surface area contributed by atoms with E-state index in [0.717, 1.165) is 0 Å². The van der Waals surface area contributed by atoms with E-state index >= 15 is 0 Å². The Bertz CT molecular complexity index is 458. The number of aliphatic hydroxyl groups excluding tert-OH is 2. The van der Waals surface area contributed by atoms with Gasteiger partial charge in [-0.3, -0.25) is 5.01 Å². The zero-order valence-corrected chi connectivity index (χ0v) is 8.56. The molecule has 0 aromatic carbocycles. The lowest BCUT2D eigenvalue weighted by atomic mass is 10.6. The van der Waals surface area contributed by atoms with Gasteiger partial charge in [0.15, 0.2) is 5.82 Å². The van der Waals surface area contributed by atoms with E-state index in [1.54, 1.807) is 5.01 Å². The van der Waals surface area contributed by atoms with Crippen LogP contribution in [0.1, 0.15) is 0 Å². The first-order valence-electron chi connectivity index (χ1n) is 4.79. The average molecular weight is 227 g/mol. The lowest BCUT2D eigenvalue weighted by molar-refractivity contribution is 0.262. The van der Waals surface area contributed by atoms with Crippen molar-refractivity contribution in [2.45, 2.75) is 0 Å². The second kappa shape index (κ2) is 4.33. The molecule has 0 amide bonds. The van der Waals surface area contributed by atoms with Crippen LogP contribution in [0.3, 0.4) is 0 Å². The highest BCUT2D eigenvalue weighted by molar-refractivity contribution is 5.59. The Hall–Kier alpha value is -1.87. The van der Waals surface area contributed by atoms with E-state index in [4.69, 9.17) is 15.9 Å². The summed E-state index contributed by atoms with van der Waals surface area (Å²) >= 11 is 0. The summed E-state index contributed by atoms with van der Waals surface area (Å²) in [5.74, 6) is 0.248. The number of hydrogen-bond acceptors (Lipinski definition) is 7. The van der Waals surface area contributed by atoms with E-state index in [1.807, 2.05) is 0 Å². The molecule has 2 heterocycles. The number of fused-ring (bicyclic) bond motifs is 1. The Morgan fingerprint density at radius 3 is 2.62 bits per heavy atom. The Morgan fingerprint density at radius 1 is 1.31 bits per heavy atom. The van der Waals surface area contributed by atoms with Crippen molar-refractivity contribution in [3.8, 4) is 0 Å². The van der Waals surface area contributed by atoms with Crippen LogP contribution < -0.4 is 10.7 Å². The Kier molecular flexibility index (Phi) is 2.88. The second-order valence-corrected chi connectivity index (χ2v) is 3.16. The van der Waals surface area contributed by atoms with Crippen molar-refractivity contribution in [3.63, 3.8) is 0 Å². The maximum atomic E-state index is 8.92. The minimum absolute atomic E-state index is 0.0481. The molecule has 0 unspecified atom stereocenters. The molecule has 0 aliphatic heterocycles. The topological polar surface area (TPSA) is 118 Å². The molecule has 0 bridgehead atoms. The van der Waals surface area contributed by atoms with Crippen LogP contribution in [0.15, 0.2) is 6.33 Å². The van der Waals surface area contributed by atoms with Gasteiger partial charge in [0.25, 0.3) is 0 Å². The van der Waals surface area contributed by atoms with Gasteiger partial charge in [0, 0.05) is 0 Å². The van der Waals surface area contributed by atoms with Gasteiger partial charge < -0.3 is 15.9 Å². The van der Waals surface area contributed by atoms with E-state index in [1.165, 1.54) is 15.6 Å². The smallest absolute Gasteiger partial charge is 0.220 e. The number of nitrogens with zero attached hydrogens (tertiary/aromatic N) is 6. The highest BCUT2D eigenvalue weighted by atomic mass is 16.3. The van der Waals surface area contributed by atoms with Crippen LogP contribution >= 0.6 is 0 Å². The first-order chi connectivity index (χ1) is 7.77. The fourth-order valence-corrected chi connectivity index (χ4v) is 1.46. The quantitative estimate of drug-likeness (QED) is 0.513. The molecule has 0 aliphatic carbocycles. The lowest BCUT2D eigenvalue weighted by Gasteiger charge is -2.22. The molecule has 0 aliphatic rings. The first-order valence-corrected chi connectivity index (χ1v) is 4.79. The van der Waals surface area contributed by atoms with Gasteiger partial charge in [-0.05, 0) is 0 Å². The van der Waals surface area contributed by atoms with Crippen LogP contribution in [0.2, 0.25) is 0 Å². The van der Waals surface area contributed by atoms with E-state index in [2.05, 4.69) is 15.4 Å². The third-order valence-electron chi connectivity index (χ3n) is 2.14. The molecule has 0 saturated heterocycles. The van der Waals surface area contributed by atoms with Crippen molar-refractivity contribution >= 4 is 11.5 Å². The van der Waals surface area contributed by atoms with Gasteiger partial charge in [-0.25, -0.2) is 0 Å². The van der Waals surface area contributed by atoms with Gasteiger partial charge >= 0.3 is 0 Å². The first kappa shape index (κ1) is 10.6. The van der Waals surface area contributed by atoms with Gasteiger partial charge in [0.1, 0.15) is 6.33 Å². The van der Waals surface area contributed by atoms with E-state index in [-0.39, 0.29) is 19.0 Å². The fourth-order valence-electron chi connectivity index (χ4n) is 1.46. The number of nitrogen functional groups attached to an aromatic ring is 1. The molecule has 9 heteroatoms. The molecule has 9 nitrogen and oxygen atoms in total. The fraction of sp³-hybridized carbons (Fsp3) is 0.571. The lowest BCUT2D eigenvalue weighted by Crippen LogP contribution is -2.40. The second-order valence-electron chi connectivity index (χ2n) is 3.16. The summed E-state index contributed by atoms with van der Waals surface area (Å²) in [5.41, 5.74) is 6.16. The average Bonchev–Trinajstić information content (AvgIpc) is 2.82. The van der Waals surface area contributed by atoms with Gasteiger partial charge in [0.05, 0.1) is 26.3 Å². The molecule has 0 spiro atoms. The van der Waals surface area contributed by atoms with Crippen LogP contribution in [0.25, 0.3) is 5.65 Å². The van der Waals surface area contributed by atoms with Crippen molar-refractivity contribution in [1.82, 2.24) is 24.7 Å². The molecular formula is C7H13N7O2. The van der Waals surface area contributed by atoms with Crippen LogP contribution in [0.5, 0.6) is 0 Å². The Labute approximate surface area is 90.7 Å². The Morgan fingerprint density at radius 2 is 2.00 bits per heavy atom. The number of hydrogen-bond donors (Lipinski definition) is 3. The van der Waals surface area contributed by atoms with Crippen molar-refractivity contribution in [1.29, 1.82) is 0 Å². The number of nitrogens with two attached hydrogens (primary N) is 1. The van der Waals surface area contributed by atoms with Crippen LogP contribution in [-0.4, -0.2) is 61.2 Å². The number of aliphatic hydroxyl groups is 2. The number of anilines is 1. The zero-order valence-electron chi connectivity index (χ0n) is 8.56. The summed E-state index contributed by atoms with van der Waals surface area (Å²) < 4.78 is 1.43. The number of rotatable bonds is 5. The van der Waals surface area contributed by atoms with E-state index in [9.17, 15) is 0 Å². The predicted octanol–water partition coefficient (Wildman–Crippen LogP) is -2.57. The molecule has 2 aromatic heterocycles. The molecule has 0 atom stereocenters. The van der Waals surface area contributed by atoms with Crippen molar-refractivity contribution in [2.75, 3.05) is 37.0 Å². The Balaban J connectivity index is 2.38. The SMILES string of the molecule is Nc1nnn2cnn(N(CCO)CCO)c12. The third kappa shape index (κ3) is 1.66. The highest BCUT2D eigenvalue weighted by Gasteiger charge is 2.14. The van der Waals surface area contributed by atoms with Gasteiger partial charge in [-0.1, -0.05) is 5.21 Å². The molecule has 88 valence electrons. The molecule has 4 N–H and O–H groups in total. The summed E-state index contributed by atoms with van der Waals surface area (Å²) in [5, 5.41) is 31.0. The summed E-state index contributed by atoms with van der Waals surface area (Å²) in [6, 6.07) is 0. The van der Waals surface area contributed by atoms with Gasteiger partial charge in [0.2, 0.25) is 5.65 Å². The van der Waals surface area contributed by atoms with Crippen molar-refractivity contribution < 1.29 is 10.2 Å². The van der Waals surface area contributed by atoms with Crippen molar-refractivity contribution in [2.24, 2.45) is 0 Å². The molecule has 0 radical (unpaired) electrons. The summed E-state index contributed by atoms with van der Waals surface area (Å²) in [7, 11) is 0. The number of aromatic nitrogens is 5. The van der Waals surface area contributed by atoms with Gasteiger partial charge in [-0.2, -0.15) is 9.31 Å². The zero-order chi connectivity index (χ0) is 11.5. The molecule has 0 fully saturated rings. The minimum Gasteiger partial charge on any atom is -0.394 e. The van der Waals surface area contributed by atoms with Gasteiger partial charge in [-0.15, -0.1) is 10.2 Å². The normalized spacial score (nSPS) is 11.1. The summed E-state index contributed by atoms with van der Waals surface area (Å²) in [6.07, 6.45) is 1.46. The minimum atomic E-state index is -0.0481. The molecule has 0 saturated carbocycles. The van der Waals surface area contributed by atoms with Crippen molar-refractivity contribution in [3.05, 3.63) is 6.33 Å². The van der Waals surface area contributed by atoms with Crippen LogP contribution in [0.4, 0.5) is 5.82 Å². The predicted molar refractivity (Wildman–Crippen MR) is 55.3 cm³/mol. The van der Waals surface area contributed by atoms with E-state index < -0.39 is 0 Å². The summed E-state index contributed by atoms with van der Waals surface area (Å²) in [4.78, 5) is 1.47. The largest absolute Gasteiger partial charge is 0.394 e. The van der Waals surface area contributed by atoms with E-state index in [0.29, 0.717) is 18.7 Å². The molecule has 16 heavy (non-hydrogen) atoms. The third-order valence-corrected chi connectivity index (χ3v) is 2.14. The molecular weight excluding hydrogens is 214 g/mol. The summed E-state index contributed by atoms with van der Waals surface area (Å²) in [6.45, 7) is 0.575. The van der Waals surface area contributed by atoms with Crippen LogP contribution in [0, 0.1) is 0 Å². The molecule has 2 rings (SSSR count). The molecule has 2 aromatic rings. The maximum Gasteiger partial charge on any atom is 0.220 e. The van der Waals surface area contributed by atoms with Crippen LogP contribution in [-0.2, 0) is 0 Å². The highest BCUT2D eigenvalue weighted by Crippen LogP contribution is 2.08. The standard InChI is InChI=1S/C7H13N7O2/c8-6-7-13(11-10-6)5-9-14(7)12(1-3-15)2-4-16/h5,15-16H,1-4,8H2.